The van der Waals surface area contributed by atoms with E-state index in [1.807, 2.05) is 0 Å². The number of carbonyl (C=O) groups is 1. The van der Waals surface area contributed by atoms with Crippen LogP contribution in [0.4, 0.5) is 18.9 Å². The maximum absolute atomic E-state index is 14.1. The van der Waals surface area contributed by atoms with Crippen molar-refractivity contribution in [2.24, 2.45) is 0 Å². The molecule has 190 valence electrons. The molecule has 0 bridgehead atoms. The largest absolute Gasteiger partial charge is 0.486 e. The van der Waals surface area contributed by atoms with Crippen molar-refractivity contribution in [1.82, 2.24) is 0 Å². The van der Waals surface area contributed by atoms with Gasteiger partial charge in [-0.05, 0) is 54.8 Å². The highest BCUT2D eigenvalue weighted by atomic mass is 35.5. The van der Waals surface area contributed by atoms with E-state index in [0.29, 0.717) is 18.1 Å². The number of ether oxygens (including phenoxy) is 1. The first-order valence-corrected chi connectivity index (χ1v) is 13.0. The Hall–Kier alpha value is -3.04. The Morgan fingerprint density at radius 2 is 1.86 bits per heavy atom. The van der Waals surface area contributed by atoms with Crippen LogP contribution in [0.5, 0.6) is 5.75 Å². The van der Waals surface area contributed by atoms with Crippen LogP contribution in [0.1, 0.15) is 25.3 Å². The van der Waals surface area contributed by atoms with E-state index in [2.05, 4.69) is 0 Å². The lowest BCUT2D eigenvalue weighted by molar-refractivity contribution is -0.141. The second-order valence-corrected chi connectivity index (χ2v) is 11.0. The van der Waals surface area contributed by atoms with E-state index in [9.17, 15) is 26.4 Å². The fourth-order valence-corrected chi connectivity index (χ4v) is 5.84. The van der Waals surface area contributed by atoms with Crippen LogP contribution in [0.15, 0.2) is 65.6 Å². The van der Waals surface area contributed by atoms with Crippen molar-refractivity contribution in [2.75, 3.05) is 10.8 Å². The summed E-state index contributed by atoms with van der Waals surface area (Å²) >= 11 is 6.15. The number of anilines is 1. The first kappa shape index (κ1) is 26.0. The molecule has 0 saturated carbocycles. The van der Waals surface area contributed by atoms with Crippen LogP contribution in [-0.4, -0.2) is 32.8 Å². The Bertz CT molecular complexity index is 1420. The van der Waals surface area contributed by atoms with Crippen LogP contribution in [0.3, 0.4) is 0 Å². The van der Waals surface area contributed by atoms with Gasteiger partial charge in [0.1, 0.15) is 17.7 Å². The minimum Gasteiger partial charge on any atom is -0.486 e. The second-order valence-electron chi connectivity index (χ2n) is 8.73. The van der Waals surface area contributed by atoms with Crippen LogP contribution in [0, 0.1) is 12.7 Å². The van der Waals surface area contributed by atoms with Gasteiger partial charge in [-0.3, -0.25) is 9.10 Å². The molecule has 0 spiro atoms. The molecule has 0 aliphatic carbocycles. The van der Waals surface area contributed by atoms with Crippen LogP contribution in [-0.2, 0) is 14.8 Å². The quantitative estimate of drug-likeness (QED) is 0.349. The molecular formula is C26H23ClF3NO4S. The van der Waals surface area contributed by atoms with Gasteiger partial charge in [0.05, 0.1) is 22.2 Å². The summed E-state index contributed by atoms with van der Waals surface area (Å²) in [7, 11) is -4.10. The molecule has 1 heterocycles. The zero-order chi connectivity index (χ0) is 26.3. The van der Waals surface area contributed by atoms with E-state index in [1.54, 1.807) is 31.2 Å². The predicted octanol–water partition coefficient (Wildman–Crippen LogP) is 6.42. The molecule has 0 amide bonds. The van der Waals surface area contributed by atoms with Gasteiger partial charge in [-0.2, -0.15) is 8.78 Å². The molecule has 5 nitrogen and oxygen atoms in total. The van der Waals surface area contributed by atoms with Gasteiger partial charge in [0.25, 0.3) is 10.0 Å². The summed E-state index contributed by atoms with van der Waals surface area (Å²) < 4.78 is 75.3. The van der Waals surface area contributed by atoms with Crippen molar-refractivity contribution in [3.8, 4) is 16.9 Å². The molecule has 3 aromatic rings. The summed E-state index contributed by atoms with van der Waals surface area (Å²) in [5.74, 6) is -5.17. The maximum atomic E-state index is 14.1. The number of sulfonamides is 1. The third kappa shape index (κ3) is 5.22. The highest BCUT2D eigenvalue weighted by Gasteiger charge is 2.37. The number of benzene rings is 3. The third-order valence-corrected chi connectivity index (χ3v) is 8.07. The lowest BCUT2D eigenvalue weighted by atomic mass is 10.0. The molecular weight excluding hydrogens is 515 g/mol. The Kier molecular flexibility index (Phi) is 7.07. The van der Waals surface area contributed by atoms with E-state index in [4.69, 9.17) is 16.3 Å². The summed E-state index contributed by atoms with van der Waals surface area (Å²) in [5.41, 5.74) is 1.76. The second kappa shape index (κ2) is 9.78. The van der Waals surface area contributed by atoms with Crippen molar-refractivity contribution < 1.29 is 31.1 Å². The summed E-state index contributed by atoms with van der Waals surface area (Å²) in [6, 6.07) is 15.3. The van der Waals surface area contributed by atoms with Crippen molar-refractivity contribution in [2.45, 2.75) is 43.6 Å². The number of hydrogen-bond donors (Lipinski definition) is 0. The monoisotopic (exact) mass is 537 g/mol. The highest BCUT2D eigenvalue weighted by Crippen LogP contribution is 2.42. The Labute approximate surface area is 212 Å². The van der Waals surface area contributed by atoms with E-state index in [-0.39, 0.29) is 34.3 Å². The number of carbonyl (C=O) groups excluding carboxylic acids is 1. The van der Waals surface area contributed by atoms with Gasteiger partial charge in [-0.1, -0.05) is 41.9 Å². The zero-order valence-electron chi connectivity index (χ0n) is 19.5. The number of nitrogens with zero attached hydrogens (tertiary/aromatic N) is 1. The van der Waals surface area contributed by atoms with E-state index < -0.39 is 40.1 Å². The van der Waals surface area contributed by atoms with Gasteiger partial charge in [0.15, 0.2) is 0 Å². The number of alkyl halides is 2. The SMILES string of the molecule is Cc1cccc(S(=O)(=O)N2C[C@H](CCC(=O)C(C)(F)F)Oc3ccc(-c4cccc(F)c4Cl)cc32)c1. The summed E-state index contributed by atoms with van der Waals surface area (Å²) in [6.07, 6.45) is -1.41. The van der Waals surface area contributed by atoms with Crippen LogP contribution in [0.2, 0.25) is 5.02 Å². The van der Waals surface area contributed by atoms with Crippen molar-refractivity contribution in [3.05, 3.63) is 77.1 Å². The maximum Gasteiger partial charge on any atom is 0.302 e. The summed E-state index contributed by atoms with van der Waals surface area (Å²) in [6.45, 7) is 2.09. The van der Waals surface area contributed by atoms with Crippen molar-refractivity contribution in [3.63, 3.8) is 0 Å². The van der Waals surface area contributed by atoms with Crippen molar-refractivity contribution >= 4 is 33.1 Å². The minimum atomic E-state index is -4.10. The third-order valence-electron chi connectivity index (χ3n) is 5.91. The first-order chi connectivity index (χ1) is 16.9. The summed E-state index contributed by atoms with van der Waals surface area (Å²) in [5, 5.41) is -0.112. The molecule has 0 unspecified atom stereocenters. The molecule has 0 N–H and O–H groups in total. The van der Waals surface area contributed by atoms with E-state index >= 15 is 0 Å². The first-order valence-electron chi connectivity index (χ1n) is 11.1. The molecule has 10 heteroatoms. The lowest BCUT2D eigenvalue weighted by Crippen LogP contribution is -2.44. The zero-order valence-corrected chi connectivity index (χ0v) is 21.0. The normalized spacial score (nSPS) is 15.8. The fraction of sp³-hybridized carbons (Fsp3) is 0.269. The van der Waals surface area contributed by atoms with Gasteiger partial charge in [-0.15, -0.1) is 0 Å². The Morgan fingerprint density at radius 1 is 1.14 bits per heavy atom. The number of fused-ring (bicyclic) bond motifs is 1. The van der Waals surface area contributed by atoms with Gasteiger partial charge >= 0.3 is 5.92 Å². The number of ketones is 1. The Balaban J connectivity index is 1.77. The molecule has 36 heavy (non-hydrogen) atoms. The molecule has 1 aliphatic heterocycles. The van der Waals surface area contributed by atoms with E-state index in [0.717, 1.165) is 9.87 Å². The highest BCUT2D eigenvalue weighted by molar-refractivity contribution is 7.92. The van der Waals surface area contributed by atoms with Crippen LogP contribution >= 0.6 is 11.6 Å². The average molecular weight is 538 g/mol. The number of rotatable bonds is 7. The van der Waals surface area contributed by atoms with Crippen LogP contribution < -0.4 is 9.04 Å². The van der Waals surface area contributed by atoms with Gasteiger partial charge in [0, 0.05) is 18.9 Å². The van der Waals surface area contributed by atoms with Crippen LogP contribution in [0.25, 0.3) is 11.1 Å². The number of hydrogen-bond acceptors (Lipinski definition) is 4. The molecule has 1 atom stereocenters. The molecule has 0 aromatic heterocycles. The lowest BCUT2D eigenvalue weighted by Gasteiger charge is -2.36. The Morgan fingerprint density at radius 3 is 2.56 bits per heavy atom. The van der Waals surface area contributed by atoms with Crippen molar-refractivity contribution in [1.29, 1.82) is 0 Å². The van der Waals surface area contributed by atoms with Gasteiger partial charge in [-0.25, -0.2) is 12.8 Å². The molecule has 0 radical (unpaired) electrons. The standard InChI is InChI=1S/C26H23ClF3NO4S/c1-16-5-3-6-19(13-16)36(33,34)31-15-18(10-12-24(32)26(2,29)30)35-23-11-9-17(14-22(23)31)20-7-4-8-21(28)25(20)27/h3-9,11,13-14,18H,10,12,15H2,1-2H3/t18-/m0/s1. The van der Waals surface area contributed by atoms with Gasteiger partial charge in [0.2, 0.25) is 5.78 Å². The summed E-state index contributed by atoms with van der Waals surface area (Å²) in [4.78, 5) is 11.8. The smallest absolute Gasteiger partial charge is 0.302 e. The minimum absolute atomic E-state index is 0.0412. The molecule has 0 fully saturated rings. The number of aryl methyl sites for hydroxylation is 1. The van der Waals surface area contributed by atoms with Gasteiger partial charge < -0.3 is 4.74 Å². The average Bonchev–Trinajstić information content (AvgIpc) is 2.82. The predicted molar refractivity (Wildman–Crippen MR) is 132 cm³/mol. The topological polar surface area (TPSA) is 63.7 Å². The fourth-order valence-electron chi connectivity index (χ4n) is 4.00. The molecule has 3 aromatic carbocycles. The number of halogens is 4. The number of Topliss-reactive ketones (excluding diaryl/α,β-unsaturated/α-hetero) is 1. The van der Waals surface area contributed by atoms with E-state index in [1.165, 1.54) is 36.4 Å². The molecule has 0 saturated heterocycles. The molecule has 1 aliphatic rings. The molecule has 4 rings (SSSR count).